The molecule has 1 atom stereocenters. The lowest BCUT2D eigenvalue weighted by Gasteiger charge is -1.91. The summed E-state index contributed by atoms with van der Waals surface area (Å²) in [6.07, 6.45) is 3.19. The third kappa shape index (κ3) is 0.997. The first-order chi connectivity index (χ1) is 3.83. The zero-order valence-electron chi connectivity index (χ0n) is 5.09. The Bertz CT molecular complexity index is 109. The second kappa shape index (κ2) is 2.16. The maximum atomic E-state index is 8.27. The molecule has 1 fully saturated rings. The lowest BCUT2D eigenvalue weighted by atomic mass is 10.1. The Balaban J connectivity index is 2.44. The number of hydrogen-bond acceptors (Lipinski definition) is 2. The van der Waals surface area contributed by atoms with Gasteiger partial charge in [-0.05, 0) is 25.2 Å². The Hall–Kier alpha value is -0.530. The van der Waals surface area contributed by atoms with E-state index in [4.69, 9.17) is 5.21 Å². The molecule has 2 heteroatoms. The molecule has 1 aliphatic carbocycles. The highest BCUT2D eigenvalue weighted by molar-refractivity contribution is 5.85. The molecule has 0 aromatic heterocycles. The average Bonchev–Trinajstić information content (AvgIpc) is 2.14. The van der Waals surface area contributed by atoms with Crippen molar-refractivity contribution < 1.29 is 5.21 Å². The van der Waals surface area contributed by atoms with Crippen LogP contribution in [0.1, 0.15) is 26.2 Å². The Labute approximate surface area is 49.2 Å². The molecular weight excluding hydrogens is 102 g/mol. The molecular formula is C6H11NO. The van der Waals surface area contributed by atoms with E-state index in [1.165, 1.54) is 6.42 Å². The molecule has 1 aliphatic rings. The van der Waals surface area contributed by atoms with E-state index in [2.05, 4.69) is 12.1 Å². The standard InChI is InChI=1S/C6H11NO/c1-5-2-3-6(4-5)7-8/h5,8H,2-4H2,1H3. The highest BCUT2D eigenvalue weighted by Gasteiger charge is 2.15. The molecule has 1 unspecified atom stereocenters. The van der Waals surface area contributed by atoms with Crippen LogP contribution in [-0.4, -0.2) is 10.9 Å². The molecule has 0 saturated heterocycles. The maximum Gasteiger partial charge on any atom is 0.0573 e. The van der Waals surface area contributed by atoms with Crippen LogP contribution in [0.2, 0.25) is 0 Å². The van der Waals surface area contributed by atoms with Crippen molar-refractivity contribution in [3.05, 3.63) is 0 Å². The van der Waals surface area contributed by atoms with Crippen LogP contribution in [0.15, 0.2) is 5.16 Å². The Morgan fingerprint density at radius 2 is 2.50 bits per heavy atom. The van der Waals surface area contributed by atoms with E-state index >= 15 is 0 Å². The van der Waals surface area contributed by atoms with E-state index in [-0.39, 0.29) is 0 Å². The quantitative estimate of drug-likeness (QED) is 0.376. The summed E-state index contributed by atoms with van der Waals surface area (Å²) >= 11 is 0. The molecule has 0 aromatic rings. The van der Waals surface area contributed by atoms with Crippen LogP contribution in [0, 0.1) is 5.92 Å². The van der Waals surface area contributed by atoms with E-state index in [0.29, 0.717) is 0 Å². The SMILES string of the molecule is CC1CCC(=NO)C1. The lowest BCUT2D eigenvalue weighted by Crippen LogP contribution is -1.89. The predicted octanol–water partition coefficient (Wildman–Crippen LogP) is 1.64. The molecule has 0 amide bonds. The molecule has 2 nitrogen and oxygen atoms in total. The first kappa shape index (κ1) is 5.60. The van der Waals surface area contributed by atoms with Crippen molar-refractivity contribution >= 4 is 5.71 Å². The first-order valence-corrected chi connectivity index (χ1v) is 3.02. The summed E-state index contributed by atoms with van der Waals surface area (Å²) < 4.78 is 0. The van der Waals surface area contributed by atoms with Crippen molar-refractivity contribution in [1.29, 1.82) is 0 Å². The van der Waals surface area contributed by atoms with Gasteiger partial charge in [-0.1, -0.05) is 12.1 Å². The number of hydrogen-bond donors (Lipinski definition) is 1. The van der Waals surface area contributed by atoms with E-state index in [0.717, 1.165) is 24.5 Å². The predicted molar refractivity (Wildman–Crippen MR) is 32.2 cm³/mol. The zero-order valence-corrected chi connectivity index (χ0v) is 5.09. The van der Waals surface area contributed by atoms with Crippen molar-refractivity contribution in [3.63, 3.8) is 0 Å². The van der Waals surface area contributed by atoms with E-state index in [1.807, 2.05) is 0 Å². The summed E-state index contributed by atoms with van der Waals surface area (Å²) in [5.41, 5.74) is 0.970. The summed E-state index contributed by atoms with van der Waals surface area (Å²) in [6, 6.07) is 0. The van der Waals surface area contributed by atoms with E-state index in [9.17, 15) is 0 Å². The summed E-state index contributed by atoms with van der Waals surface area (Å²) in [7, 11) is 0. The van der Waals surface area contributed by atoms with Crippen molar-refractivity contribution in [3.8, 4) is 0 Å². The molecule has 0 heterocycles. The van der Waals surface area contributed by atoms with Crippen molar-refractivity contribution in [2.45, 2.75) is 26.2 Å². The second-order valence-corrected chi connectivity index (χ2v) is 2.51. The van der Waals surface area contributed by atoms with Crippen LogP contribution in [0.25, 0.3) is 0 Å². The molecule has 1 N–H and O–H groups in total. The first-order valence-electron chi connectivity index (χ1n) is 3.02. The van der Waals surface area contributed by atoms with Crippen LogP contribution in [0.5, 0.6) is 0 Å². The molecule has 8 heavy (non-hydrogen) atoms. The van der Waals surface area contributed by atoms with Crippen LogP contribution in [0.4, 0.5) is 0 Å². The van der Waals surface area contributed by atoms with Gasteiger partial charge in [-0.15, -0.1) is 0 Å². The third-order valence-electron chi connectivity index (χ3n) is 1.65. The van der Waals surface area contributed by atoms with Gasteiger partial charge >= 0.3 is 0 Å². The van der Waals surface area contributed by atoms with Gasteiger partial charge in [0.1, 0.15) is 0 Å². The molecule has 0 aliphatic heterocycles. The van der Waals surface area contributed by atoms with Crippen molar-refractivity contribution in [1.82, 2.24) is 0 Å². The van der Waals surface area contributed by atoms with E-state index < -0.39 is 0 Å². The minimum atomic E-state index is 0.737. The molecule has 0 bridgehead atoms. The van der Waals surface area contributed by atoms with Gasteiger partial charge in [-0.2, -0.15) is 0 Å². The fraction of sp³-hybridized carbons (Fsp3) is 0.833. The average molecular weight is 113 g/mol. The summed E-state index contributed by atoms with van der Waals surface area (Å²) in [4.78, 5) is 0. The monoisotopic (exact) mass is 113 g/mol. The molecule has 0 radical (unpaired) electrons. The Morgan fingerprint density at radius 3 is 2.75 bits per heavy atom. The van der Waals surface area contributed by atoms with Crippen molar-refractivity contribution in [2.24, 2.45) is 11.1 Å². The minimum absolute atomic E-state index is 0.737. The topological polar surface area (TPSA) is 32.6 Å². The summed E-state index contributed by atoms with van der Waals surface area (Å²) in [6.45, 7) is 2.18. The fourth-order valence-electron chi connectivity index (χ4n) is 1.11. The number of nitrogens with zero attached hydrogens (tertiary/aromatic N) is 1. The molecule has 0 spiro atoms. The molecule has 1 rings (SSSR count). The zero-order chi connectivity index (χ0) is 5.98. The molecule has 46 valence electrons. The van der Waals surface area contributed by atoms with Crippen LogP contribution >= 0.6 is 0 Å². The van der Waals surface area contributed by atoms with Crippen molar-refractivity contribution in [2.75, 3.05) is 0 Å². The summed E-state index contributed by atoms with van der Waals surface area (Å²) in [5, 5.41) is 11.4. The highest BCUT2D eigenvalue weighted by atomic mass is 16.4. The largest absolute Gasteiger partial charge is 0.411 e. The van der Waals surface area contributed by atoms with Gasteiger partial charge < -0.3 is 5.21 Å². The van der Waals surface area contributed by atoms with Crippen LogP contribution < -0.4 is 0 Å². The fourth-order valence-corrected chi connectivity index (χ4v) is 1.11. The van der Waals surface area contributed by atoms with Gasteiger partial charge in [-0.25, -0.2) is 0 Å². The number of oxime groups is 1. The highest BCUT2D eigenvalue weighted by Crippen LogP contribution is 2.21. The maximum absolute atomic E-state index is 8.27. The molecule has 1 saturated carbocycles. The Kier molecular flexibility index (Phi) is 1.51. The number of rotatable bonds is 0. The van der Waals surface area contributed by atoms with Gasteiger partial charge in [-0.3, -0.25) is 0 Å². The van der Waals surface area contributed by atoms with Gasteiger partial charge in [0.25, 0.3) is 0 Å². The molecule has 0 aromatic carbocycles. The van der Waals surface area contributed by atoms with E-state index in [1.54, 1.807) is 0 Å². The van der Waals surface area contributed by atoms with Gasteiger partial charge in [0.05, 0.1) is 5.71 Å². The lowest BCUT2D eigenvalue weighted by molar-refractivity contribution is 0.317. The summed E-state index contributed by atoms with van der Waals surface area (Å²) in [5.74, 6) is 0.737. The second-order valence-electron chi connectivity index (χ2n) is 2.51. The normalized spacial score (nSPS) is 34.1. The van der Waals surface area contributed by atoms with Gasteiger partial charge in [0.2, 0.25) is 0 Å². The van der Waals surface area contributed by atoms with Crippen LogP contribution in [0.3, 0.4) is 0 Å². The smallest absolute Gasteiger partial charge is 0.0573 e. The Morgan fingerprint density at radius 1 is 1.75 bits per heavy atom. The minimum Gasteiger partial charge on any atom is -0.411 e. The van der Waals surface area contributed by atoms with Gasteiger partial charge in [0.15, 0.2) is 0 Å². The van der Waals surface area contributed by atoms with Crippen LogP contribution in [-0.2, 0) is 0 Å². The van der Waals surface area contributed by atoms with Gasteiger partial charge in [0, 0.05) is 0 Å². The third-order valence-corrected chi connectivity index (χ3v) is 1.65.